The highest BCUT2D eigenvalue weighted by Gasteiger charge is 2.22. The van der Waals surface area contributed by atoms with Crippen molar-refractivity contribution in [1.29, 1.82) is 0 Å². The molecule has 4 heteroatoms. The summed E-state index contributed by atoms with van der Waals surface area (Å²) in [6, 6.07) is 26.3. The second-order valence-corrected chi connectivity index (χ2v) is 8.50. The summed E-state index contributed by atoms with van der Waals surface area (Å²) in [5.41, 5.74) is 4.16. The third-order valence-electron chi connectivity index (χ3n) is 4.75. The molecule has 0 aliphatic carbocycles. The number of hydrogen-bond donors (Lipinski definition) is 1. The zero-order valence-corrected chi connectivity index (χ0v) is 17.0. The van der Waals surface area contributed by atoms with Crippen LogP contribution in [0.3, 0.4) is 0 Å². The fourth-order valence-corrected chi connectivity index (χ4v) is 4.38. The van der Waals surface area contributed by atoms with Crippen molar-refractivity contribution in [2.24, 2.45) is 0 Å². The van der Waals surface area contributed by atoms with E-state index < -0.39 is 10.0 Å². The first-order valence-corrected chi connectivity index (χ1v) is 10.8. The molecular formula is C24H25NO2S. The van der Waals surface area contributed by atoms with E-state index in [1.54, 1.807) is 12.1 Å². The van der Waals surface area contributed by atoms with Gasteiger partial charge in [0, 0.05) is 0 Å². The van der Waals surface area contributed by atoms with Gasteiger partial charge in [0.15, 0.2) is 0 Å². The molecule has 1 atom stereocenters. The number of hydrogen-bond acceptors (Lipinski definition) is 2. The smallest absolute Gasteiger partial charge is 0.207 e. The predicted molar refractivity (Wildman–Crippen MR) is 115 cm³/mol. The van der Waals surface area contributed by atoms with Gasteiger partial charge in [-0.15, -0.1) is 0 Å². The minimum atomic E-state index is -3.64. The van der Waals surface area contributed by atoms with Gasteiger partial charge in [-0.3, -0.25) is 0 Å². The topological polar surface area (TPSA) is 46.2 Å². The van der Waals surface area contributed by atoms with E-state index >= 15 is 0 Å². The van der Waals surface area contributed by atoms with Gasteiger partial charge in [0.1, 0.15) is 0 Å². The molecule has 0 radical (unpaired) electrons. The normalized spacial score (nSPS) is 13.3. The molecule has 1 N–H and O–H groups in total. The van der Waals surface area contributed by atoms with Crippen LogP contribution in [0.15, 0.2) is 95.9 Å². The molecule has 0 spiro atoms. The van der Waals surface area contributed by atoms with Crippen LogP contribution < -0.4 is 4.72 Å². The van der Waals surface area contributed by atoms with E-state index in [4.69, 9.17) is 0 Å². The van der Waals surface area contributed by atoms with Crippen molar-refractivity contribution in [3.05, 3.63) is 108 Å². The lowest BCUT2D eigenvalue weighted by Gasteiger charge is -2.21. The maximum Gasteiger partial charge on any atom is 0.241 e. The molecule has 0 amide bonds. The van der Waals surface area contributed by atoms with Gasteiger partial charge in [0.2, 0.25) is 10.0 Å². The molecule has 0 aliphatic heterocycles. The molecule has 28 heavy (non-hydrogen) atoms. The summed E-state index contributed by atoms with van der Waals surface area (Å²) in [7, 11) is -3.64. The van der Waals surface area contributed by atoms with Gasteiger partial charge in [-0.25, -0.2) is 13.1 Å². The molecule has 0 saturated carbocycles. The van der Waals surface area contributed by atoms with Crippen LogP contribution in [0.1, 0.15) is 36.1 Å². The van der Waals surface area contributed by atoms with Crippen molar-refractivity contribution in [2.75, 3.05) is 0 Å². The van der Waals surface area contributed by atoms with Crippen LogP contribution >= 0.6 is 0 Å². The van der Waals surface area contributed by atoms with E-state index in [2.05, 4.69) is 4.72 Å². The Morgan fingerprint density at radius 1 is 0.893 bits per heavy atom. The Balaban J connectivity index is 1.93. The number of aryl methyl sites for hydroxylation is 1. The second kappa shape index (κ2) is 9.00. The largest absolute Gasteiger partial charge is 0.241 e. The Hall–Kier alpha value is -2.69. The second-order valence-electron chi connectivity index (χ2n) is 6.78. The summed E-state index contributed by atoms with van der Waals surface area (Å²) >= 11 is 0. The van der Waals surface area contributed by atoms with Crippen molar-refractivity contribution < 1.29 is 8.42 Å². The van der Waals surface area contributed by atoms with Crippen molar-refractivity contribution in [2.45, 2.75) is 31.2 Å². The highest BCUT2D eigenvalue weighted by molar-refractivity contribution is 7.89. The zero-order chi connectivity index (χ0) is 20.0. The van der Waals surface area contributed by atoms with Gasteiger partial charge in [-0.1, -0.05) is 84.4 Å². The molecule has 0 heterocycles. The number of allylic oxidation sites excluding steroid dienone is 1. The summed E-state index contributed by atoms with van der Waals surface area (Å²) in [5, 5.41) is 0. The van der Waals surface area contributed by atoms with Gasteiger partial charge in [0.25, 0.3) is 0 Å². The monoisotopic (exact) mass is 391 g/mol. The third-order valence-corrected chi connectivity index (χ3v) is 6.24. The van der Waals surface area contributed by atoms with Crippen molar-refractivity contribution in [3.63, 3.8) is 0 Å². The molecule has 0 aliphatic rings. The van der Waals surface area contributed by atoms with Crippen molar-refractivity contribution in [3.8, 4) is 0 Å². The summed E-state index contributed by atoms with van der Waals surface area (Å²) in [4.78, 5) is 0.278. The fourth-order valence-electron chi connectivity index (χ4n) is 3.16. The highest BCUT2D eigenvalue weighted by atomic mass is 32.2. The van der Waals surface area contributed by atoms with Gasteiger partial charge < -0.3 is 0 Å². The minimum absolute atomic E-state index is 0.278. The summed E-state index contributed by atoms with van der Waals surface area (Å²) in [6.45, 7) is 3.92. The number of benzene rings is 3. The van der Waals surface area contributed by atoms with E-state index in [0.29, 0.717) is 6.42 Å². The third kappa shape index (κ3) is 4.97. The van der Waals surface area contributed by atoms with Crippen molar-refractivity contribution in [1.82, 2.24) is 4.72 Å². The van der Waals surface area contributed by atoms with E-state index in [0.717, 1.165) is 22.3 Å². The Labute approximate surface area is 167 Å². The number of rotatable bonds is 7. The quantitative estimate of drug-likeness (QED) is 0.577. The lowest BCUT2D eigenvalue weighted by molar-refractivity contribution is 0.559. The SMILES string of the molecule is C/C=C(\CC(NS(=O)(=O)c1ccc(C)cc1)c1ccccc1)c1ccccc1. The van der Waals surface area contributed by atoms with E-state index in [1.165, 1.54) is 0 Å². The fraction of sp³-hybridized carbons (Fsp3) is 0.167. The van der Waals surface area contributed by atoms with Crippen molar-refractivity contribution >= 4 is 15.6 Å². The van der Waals surface area contributed by atoms with E-state index in [1.807, 2.05) is 92.7 Å². The Morgan fingerprint density at radius 2 is 1.46 bits per heavy atom. The maximum absolute atomic E-state index is 13.0. The first-order chi connectivity index (χ1) is 13.5. The van der Waals surface area contributed by atoms with Crippen LogP contribution in [0.2, 0.25) is 0 Å². The van der Waals surface area contributed by atoms with Gasteiger partial charge in [0.05, 0.1) is 10.9 Å². The average Bonchev–Trinajstić information content (AvgIpc) is 2.72. The average molecular weight is 392 g/mol. The van der Waals surface area contributed by atoms with Crippen LogP contribution in [-0.2, 0) is 10.0 Å². The molecule has 0 saturated heterocycles. The molecular weight excluding hydrogens is 366 g/mol. The first-order valence-electron chi connectivity index (χ1n) is 9.34. The lowest BCUT2D eigenvalue weighted by atomic mass is 9.95. The standard InChI is InChI=1S/C24H25NO2S/c1-3-20(21-10-6-4-7-11-21)18-24(22-12-8-5-9-13-22)25-28(26,27)23-16-14-19(2)15-17-23/h3-17,24-25H,18H2,1-2H3/b20-3+. The van der Waals surface area contributed by atoms with Crippen LogP contribution in [0, 0.1) is 6.92 Å². The summed E-state index contributed by atoms with van der Waals surface area (Å²) in [6.07, 6.45) is 2.61. The van der Waals surface area contributed by atoms with Gasteiger partial charge in [-0.05, 0) is 49.1 Å². The minimum Gasteiger partial charge on any atom is -0.207 e. The van der Waals surface area contributed by atoms with Crippen LogP contribution in [0.5, 0.6) is 0 Å². The van der Waals surface area contributed by atoms with Gasteiger partial charge >= 0.3 is 0 Å². The zero-order valence-electron chi connectivity index (χ0n) is 16.2. The van der Waals surface area contributed by atoms with Crippen LogP contribution in [0.4, 0.5) is 0 Å². The number of nitrogens with one attached hydrogen (secondary N) is 1. The molecule has 3 aromatic rings. The molecule has 144 valence electrons. The Kier molecular flexibility index (Phi) is 6.45. The molecule has 0 bridgehead atoms. The van der Waals surface area contributed by atoms with Crippen LogP contribution in [0.25, 0.3) is 5.57 Å². The summed E-state index contributed by atoms with van der Waals surface area (Å²) in [5.74, 6) is 0. The van der Waals surface area contributed by atoms with Gasteiger partial charge in [-0.2, -0.15) is 0 Å². The molecule has 0 fully saturated rings. The van der Waals surface area contributed by atoms with Crippen LogP contribution in [-0.4, -0.2) is 8.42 Å². The van der Waals surface area contributed by atoms with E-state index in [-0.39, 0.29) is 10.9 Å². The molecule has 3 rings (SSSR count). The molecule has 3 aromatic carbocycles. The Bertz CT molecular complexity index is 1020. The maximum atomic E-state index is 13.0. The molecule has 3 nitrogen and oxygen atoms in total. The molecule has 0 aromatic heterocycles. The first kappa shape index (κ1) is 20.1. The molecule has 1 unspecified atom stereocenters. The van der Waals surface area contributed by atoms with E-state index in [9.17, 15) is 8.42 Å². The highest BCUT2D eigenvalue weighted by Crippen LogP contribution is 2.29. The lowest BCUT2D eigenvalue weighted by Crippen LogP contribution is -2.29. The Morgan fingerprint density at radius 3 is 2.04 bits per heavy atom. The number of sulfonamides is 1. The predicted octanol–water partition coefficient (Wildman–Crippen LogP) is 5.51. The summed E-state index contributed by atoms with van der Waals surface area (Å²) < 4.78 is 28.9.